The Hall–Kier alpha value is -2.43. The number of carbonyl (C=O) groups is 1. The van der Waals surface area contributed by atoms with Gasteiger partial charge in [-0.15, -0.1) is 0 Å². The summed E-state index contributed by atoms with van der Waals surface area (Å²) in [6.07, 6.45) is 1.65. The lowest BCUT2D eigenvalue weighted by molar-refractivity contribution is -0.484. The normalized spacial score (nSPS) is 18.3. The second kappa shape index (κ2) is 5.69. The molecule has 0 fully saturated rings. The van der Waals surface area contributed by atoms with Crippen molar-refractivity contribution in [1.29, 1.82) is 0 Å². The molecular weight excluding hydrogens is 258 g/mol. The Labute approximate surface area is 116 Å². The first-order valence-electron chi connectivity index (χ1n) is 6.27. The van der Waals surface area contributed by atoms with E-state index in [-0.39, 0.29) is 12.3 Å². The first-order valence-corrected chi connectivity index (χ1v) is 6.27. The molecule has 5 nitrogen and oxygen atoms in total. The fraction of sp³-hybridized carbons (Fsp3) is 0.267. The van der Waals surface area contributed by atoms with E-state index < -0.39 is 10.8 Å². The van der Waals surface area contributed by atoms with Crippen LogP contribution >= 0.6 is 0 Å². The molecule has 0 radical (unpaired) electrons. The average molecular weight is 273 g/mol. The predicted octanol–water partition coefficient (Wildman–Crippen LogP) is 2.81. The van der Waals surface area contributed by atoms with Gasteiger partial charge in [-0.1, -0.05) is 30.3 Å². The Balaban J connectivity index is 2.40. The minimum Gasteiger partial charge on any atom is -0.461 e. The minimum atomic E-state index is -0.550. The number of benzene rings is 1. The Morgan fingerprint density at radius 3 is 2.55 bits per heavy atom. The standard InChI is InChI=1S/C15H15NO4/c1-10(17)15-11(2)20-14(8-13(15)9-16(18)19)12-6-4-3-5-7-12/h3-8,13H,9H2,1-2H3/t13-/m0/s1. The third-order valence-corrected chi connectivity index (χ3v) is 3.15. The molecule has 1 heterocycles. The zero-order chi connectivity index (χ0) is 14.7. The fourth-order valence-electron chi connectivity index (χ4n) is 2.35. The first kappa shape index (κ1) is 14.0. The van der Waals surface area contributed by atoms with Crippen LogP contribution in [0.2, 0.25) is 0 Å². The molecule has 0 aromatic heterocycles. The molecule has 0 N–H and O–H groups in total. The highest BCUT2D eigenvalue weighted by atomic mass is 16.6. The zero-order valence-corrected chi connectivity index (χ0v) is 11.3. The van der Waals surface area contributed by atoms with Crippen LogP contribution in [0.5, 0.6) is 0 Å². The number of nitro groups is 1. The summed E-state index contributed by atoms with van der Waals surface area (Å²) < 4.78 is 5.66. The molecule has 20 heavy (non-hydrogen) atoms. The lowest BCUT2D eigenvalue weighted by Gasteiger charge is -2.23. The maximum absolute atomic E-state index is 11.7. The van der Waals surface area contributed by atoms with Gasteiger partial charge in [0.25, 0.3) is 0 Å². The van der Waals surface area contributed by atoms with Gasteiger partial charge in [-0.05, 0) is 19.9 Å². The van der Waals surface area contributed by atoms with Crippen LogP contribution in [0, 0.1) is 16.0 Å². The number of hydrogen-bond donors (Lipinski definition) is 0. The molecule has 1 aromatic rings. The molecule has 0 aliphatic carbocycles. The highest BCUT2D eigenvalue weighted by Gasteiger charge is 2.29. The van der Waals surface area contributed by atoms with E-state index in [0.717, 1.165) is 5.56 Å². The van der Waals surface area contributed by atoms with Crippen molar-refractivity contribution in [3.63, 3.8) is 0 Å². The van der Waals surface area contributed by atoms with Crippen molar-refractivity contribution in [2.45, 2.75) is 13.8 Å². The number of carbonyl (C=O) groups excluding carboxylic acids is 1. The van der Waals surface area contributed by atoms with Crippen molar-refractivity contribution >= 4 is 11.5 Å². The van der Waals surface area contributed by atoms with Gasteiger partial charge in [0.15, 0.2) is 5.78 Å². The number of hydrogen-bond acceptors (Lipinski definition) is 4. The third-order valence-electron chi connectivity index (χ3n) is 3.15. The van der Waals surface area contributed by atoms with Crippen molar-refractivity contribution in [2.24, 2.45) is 5.92 Å². The van der Waals surface area contributed by atoms with Gasteiger partial charge < -0.3 is 4.74 Å². The van der Waals surface area contributed by atoms with Gasteiger partial charge in [0, 0.05) is 16.1 Å². The monoisotopic (exact) mass is 273 g/mol. The van der Waals surface area contributed by atoms with Gasteiger partial charge in [0.1, 0.15) is 11.5 Å². The summed E-state index contributed by atoms with van der Waals surface area (Å²) in [4.78, 5) is 22.0. The van der Waals surface area contributed by atoms with Gasteiger partial charge in [0.05, 0.1) is 5.92 Å². The van der Waals surface area contributed by atoms with E-state index in [1.807, 2.05) is 30.3 Å². The summed E-state index contributed by atoms with van der Waals surface area (Å²) in [5.74, 6) is 0.245. The molecule has 104 valence electrons. The minimum absolute atomic E-state index is 0.197. The molecule has 0 amide bonds. The van der Waals surface area contributed by atoms with E-state index >= 15 is 0 Å². The van der Waals surface area contributed by atoms with Crippen LogP contribution in [0.25, 0.3) is 5.76 Å². The maximum Gasteiger partial charge on any atom is 0.214 e. The third kappa shape index (κ3) is 2.93. The Morgan fingerprint density at radius 1 is 1.35 bits per heavy atom. The molecule has 0 saturated carbocycles. The van der Waals surface area contributed by atoms with Crippen LogP contribution in [-0.4, -0.2) is 17.3 Å². The molecule has 1 atom stereocenters. The summed E-state index contributed by atoms with van der Waals surface area (Å²) >= 11 is 0. The van der Waals surface area contributed by atoms with Crippen LogP contribution in [0.1, 0.15) is 19.4 Å². The van der Waals surface area contributed by atoms with E-state index in [2.05, 4.69) is 0 Å². The van der Waals surface area contributed by atoms with Crippen LogP contribution in [0.15, 0.2) is 47.7 Å². The Morgan fingerprint density at radius 2 is 2.00 bits per heavy atom. The maximum atomic E-state index is 11.7. The van der Waals surface area contributed by atoms with Gasteiger partial charge in [-0.3, -0.25) is 14.9 Å². The van der Waals surface area contributed by atoms with Crippen LogP contribution in [0.4, 0.5) is 0 Å². The predicted molar refractivity (Wildman–Crippen MR) is 74.2 cm³/mol. The molecule has 0 spiro atoms. The Kier molecular flexibility index (Phi) is 3.98. The first-order chi connectivity index (χ1) is 9.49. The average Bonchev–Trinajstić information content (AvgIpc) is 2.38. The number of rotatable bonds is 4. The summed E-state index contributed by atoms with van der Waals surface area (Å²) in [5, 5.41) is 10.8. The topological polar surface area (TPSA) is 69.4 Å². The summed E-state index contributed by atoms with van der Waals surface area (Å²) in [6.45, 7) is 2.75. The van der Waals surface area contributed by atoms with E-state index in [0.29, 0.717) is 17.1 Å². The quantitative estimate of drug-likeness (QED) is 0.624. The highest BCUT2D eigenvalue weighted by Crippen LogP contribution is 2.32. The lowest BCUT2D eigenvalue weighted by atomic mass is 9.91. The van der Waals surface area contributed by atoms with Crippen LogP contribution < -0.4 is 0 Å². The van der Waals surface area contributed by atoms with Crippen molar-refractivity contribution in [3.05, 3.63) is 63.4 Å². The second-order valence-corrected chi connectivity index (χ2v) is 4.65. The molecule has 1 aromatic carbocycles. The smallest absolute Gasteiger partial charge is 0.214 e. The van der Waals surface area contributed by atoms with E-state index in [1.54, 1.807) is 13.0 Å². The molecule has 1 aliphatic rings. The van der Waals surface area contributed by atoms with Gasteiger partial charge in [0.2, 0.25) is 6.54 Å². The van der Waals surface area contributed by atoms with E-state index in [4.69, 9.17) is 4.74 Å². The van der Waals surface area contributed by atoms with E-state index in [9.17, 15) is 14.9 Å². The van der Waals surface area contributed by atoms with Gasteiger partial charge >= 0.3 is 0 Å². The van der Waals surface area contributed by atoms with Crippen molar-refractivity contribution in [2.75, 3.05) is 6.54 Å². The molecule has 5 heteroatoms. The van der Waals surface area contributed by atoms with E-state index in [1.165, 1.54) is 6.92 Å². The number of allylic oxidation sites excluding steroid dienone is 1. The van der Waals surface area contributed by atoms with Crippen molar-refractivity contribution in [1.82, 2.24) is 0 Å². The molecule has 0 bridgehead atoms. The van der Waals surface area contributed by atoms with Crippen LogP contribution in [-0.2, 0) is 9.53 Å². The number of ketones is 1. The summed E-state index contributed by atoms with van der Waals surface area (Å²) in [5.41, 5.74) is 1.21. The SMILES string of the molecule is CC(=O)C1=C(C)OC(c2ccccc2)=C[C@H]1C[N+](=O)[O-]. The molecule has 1 aliphatic heterocycles. The number of Topliss-reactive ketones (excluding diaryl/α,β-unsaturated/α-hetero) is 1. The van der Waals surface area contributed by atoms with Crippen LogP contribution in [0.3, 0.4) is 0 Å². The molecule has 2 rings (SSSR count). The largest absolute Gasteiger partial charge is 0.461 e. The van der Waals surface area contributed by atoms with Gasteiger partial charge in [-0.2, -0.15) is 0 Å². The molecule has 0 unspecified atom stereocenters. The fourth-order valence-corrected chi connectivity index (χ4v) is 2.35. The summed E-state index contributed by atoms with van der Waals surface area (Å²) in [6, 6.07) is 9.33. The Bertz CT molecular complexity index is 602. The number of nitrogens with zero attached hydrogens (tertiary/aromatic N) is 1. The zero-order valence-electron chi connectivity index (χ0n) is 11.3. The second-order valence-electron chi connectivity index (χ2n) is 4.65. The lowest BCUT2D eigenvalue weighted by Crippen LogP contribution is -2.23. The summed E-state index contributed by atoms with van der Waals surface area (Å²) in [7, 11) is 0. The molecular formula is C15H15NO4. The number of ether oxygens (including phenoxy) is 1. The van der Waals surface area contributed by atoms with Crippen molar-refractivity contribution < 1.29 is 14.5 Å². The molecule has 0 saturated heterocycles. The highest BCUT2D eigenvalue weighted by molar-refractivity contribution is 5.95. The van der Waals surface area contributed by atoms with Crippen molar-refractivity contribution in [3.8, 4) is 0 Å². The van der Waals surface area contributed by atoms with Gasteiger partial charge in [-0.25, -0.2) is 0 Å².